The highest BCUT2D eigenvalue weighted by Crippen LogP contribution is 2.33. The molecule has 8 heteroatoms. The standard InChI is InChI=1S/C18H30N2O5S/c1-12-14(25-12)5-4-8-23-9-10-24-16(21)7-3-2-6-15-17-13(11-26-15)19-18(22)20-17/h12-15,17H,2-11H2,1H3,(H2,19,20,22)/t12-,13?,14+,15?,17?/m1/s1. The minimum Gasteiger partial charge on any atom is -0.463 e. The fourth-order valence-corrected chi connectivity index (χ4v) is 5.11. The Morgan fingerprint density at radius 3 is 2.85 bits per heavy atom. The minimum atomic E-state index is -0.151. The molecule has 3 heterocycles. The van der Waals surface area contributed by atoms with Crippen LogP contribution in [0.4, 0.5) is 4.79 Å². The van der Waals surface area contributed by atoms with Gasteiger partial charge in [-0.25, -0.2) is 4.79 Å². The fraction of sp³-hybridized carbons (Fsp3) is 0.889. The first-order chi connectivity index (χ1) is 12.6. The summed E-state index contributed by atoms with van der Waals surface area (Å²) in [6, 6.07) is 0.459. The molecule has 2 N–H and O–H groups in total. The van der Waals surface area contributed by atoms with Crippen molar-refractivity contribution in [3.05, 3.63) is 0 Å². The van der Waals surface area contributed by atoms with E-state index in [1.54, 1.807) is 0 Å². The van der Waals surface area contributed by atoms with Crippen molar-refractivity contribution in [2.24, 2.45) is 0 Å². The third kappa shape index (κ3) is 6.03. The van der Waals surface area contributed by atoms with Gasteiger partial charge in [0, 0.05) is 24.0 Å². The number of ether oxygens (including phenoxy) is 3. The predicted molar refractivity (Wildman–Crippen MR) is 99.3 cm³/mol. The number of thioether (sulfide) groups is 1. The number of carbonyl (C=O) groups is 2. The topological polar surface area (TPSA) is 89.2 Å². The molecule has 3 aliphatic heterocycles. The Balaban J connectivity index is 1.12. The Kier molecular flexibility index (Phi) is 7.45. The number of amides is 2. The van der Waals surface area contributed by atoms with Gasteiger partial charge in [-0.05, 0) is 32.6 Å². The quantitative estimate of drug-likeness (QED) is 0.230. The van der Waals surface area contributed by atoms with Crippen LogP contribution in [0.25, 0.3) is 0 Å². The highest BCUT2D eigenvalue weighted by Gasteiger charge is 2.42. The molecular weight excluding hydrogens is 356 g/mol. The van der Waals surface area contributed by atoms with E-state index in [0.717, 1.165) is 37.9 Å². The number of fused-ring (bicyclic) bond motifs is 1. The van der Waals surface area contributed by atoms with Gasteiger partial charge in [0.05, 0.1) is 30.9 Å². The van der Waals surface area contributed by atoms with E-state index in [9.17, 15) is 9.59 Å². The average Bonchev–Trinajstić information content (AvgIpc) is 2.99. The van der Waals surface area contributed by atoms with Crippen molar-refractivity contribution in [3.63, 3.8) is 0 Å². The number of rotatable bonds is 12. The monoisotopic (exact) mass is 386 g/mol. The summed E-state index contributed by atoms with van der Waals surface area (Å²) in [7, 11) is 0. The molecule has 0 bridgehead atoms. The molecule has 7 nitrogen and oxygen atoms in total. The number of urea groups is 1. The fourth-order valence-electron chi connectivity index (χ4n) is 3.57. The van der Waals surface area contributed by atoms with Gasteiger partial charge in [0.25, 0.3) is 0 Å². The van der Waals surface area contributed by atoms with Crippen molar-refractivity contribution in [2.75, 3.05) is 25.6 Å². The van der Waals surface area contributed by atoms with E-state index in [0.29, 0.717) is 43.7 Å². The van der Waals surface area contributed by atoms with Crippen LogP contribution in [-0.2, 0) is 19.0 Å². The molecule has 0 aromatic heterocycles. The Bertz CT molecular complexity index is 492. The van der Waals surface area contributed by atoms with Gasteiger partial charge in [-0.2, -0.15) is 11.8 Å². The maximum Gasteiger partial charge on any atom is 0.315 e. The highest BCUT2D eigenvalue weighted by molar-refractivity contribution is 8.00. The van der Waals surface area contributed by atoms with Crippen LogP contribution in [-0.4, -0.2) is 67.1 Å². The van der Waals surface area contributed by atoms with Crippen molar-refractivity contribution in [2.45, 2.75) is 75.0 Å². The number of unbranched alkanes of at least 4 members (excludes halogenated alkanes) is 1. The number of hydrogen-bond donors (Lipinski definition) is 2. The van der Waals surface area contributed by atoms with Gasteiger partial charge in [0.1, 0.15) is 6.61 Å². The smallest absolute Gasteiger partial charge is 0.315 e. The van der Waals surface area contributed by atoms with Crippen LogP contribution in [0.15, 0.2) is 0 Å². The van der Waals surface area contributed by atoms with Crippen molar-refractivity contribution >= 4 is 23.8 Å². The molecule has 3 rings (SSSR count). The van der Waals surface area contributed by atoms with E-state index in [1.807, 2.05) is 11.8 Å². The Labute approximate surface area is 159 Å². The molecule has 5 atom stereocenters. The summed E-state index contributed by atoms with van der Waals surface area (Å²) in [6.07, 6.45) is 6.14. The van der Waals surface area contributed by atoms with Crippen LogP contribution in [0.3, 0.4) is 0 Å². The second-order valence-electron chi connectivity index (χ2n) is 7.22. The van der Waals surface area contributed by atoms with Crippen LogP contribution in [0.1, 0.15) is 45.4 Å². The molecule has 3 fully saturated rings. The summed E-state index contributed by atoms with van der Waals surface area (Å²) in [4.78, 5) is 23.1. The van der Waals surface area contributed by atoms with E-state index in [2.05, 4.69) is 17.6 Å². The molecule has 0 aromatic rings. The predicted octanol–water partition coefficient (Wildman–Crippen LogP) is 1.84. The second-order valence-corrected chi connectivity index (χ2v) is 8.49. The molecule has 3 unspecified atom stereocenters. The maximum absolute atomic E-state index is 11.7. The Morgan fingerprint density at radius 2 is 2.04 bits per heavy atom. The number of nitrogens with one attached hydrogen (secondary N) is 2. The number of hydrogen-bond acceptors (Lipinski definition) is 6. The summed E-state index contributed by atoms with van der Waals surface area (Å²) in [5.41, 5.74) is 0. The molecule has 0 aromatic carbocycles. The van der Waals surface area contributed by atoms with Gasteiger partial charge in [-0.15, -0.1) is 0 Å². The third-order valence-corrected chi connectivity index (χ3v) is 6.67. The lowest BCUT2D eigenvalue weighted by Gasteiger charge is -2.16. The van der Waals surface area contributed by atoms with Crippen LogP contribution in [0, 0.1) is 0 Å². The Morgan fingerprint density at radius 1 is 1.19 bits per heavy atom. The first-order valence-electron chi connectivity index (χ1n) is 9.71. The summed E-state index contributed by atoms with van der Waals surface area (Å²) in [5.74, 6) is 0.824. The van der Waals surface area contributed by atoms with E-state index in [4.69, 9.17) is 14.2 Å². The SMILES string of the molecule is C[C@H]1O[C@H]1CCCOCCOC(=O)CCCCC1SCC2NC(=O)NC21. The van der Waals surface area contributed by atoms with Crippen LogP contribution >= 0.6 is 11.8 Å². The zero-order chi connectivity index (χ0) is 18.4. The van der Waals surface area contributed by atoms with Crippen LogP contribution in [0.5, 0.6) is 0 Å². The second kappa shape index (κ2) is 9.80. The highest BCUT2D eigenvalue weighted by atomic mass is 32.2. The minimum absolute atomic E-state index is 0.0495. The lowest BCUT2D eigenvalue weighted by atomic mass is 10.0. The molecule has 3 aliphatic rings. The van der Waals surface area contributed by atoms with Crippen molar-refractivity contribution in [3.8, 4) is 0 Å². The molecule has 148 valence electrons. The Hall–Kier alpha value is -0.990. The summed E-state index contributed by atoms with van der Waals surface area (Å²) < 4.78 is 16.0. The zero-order valence-electron chi connectivity index (χ0n) is 15.4. The van der Waals surface area contributed by atoms with Crippen molar-refractivity contribution in [1.82, 2.24) is 10.6 Å². The lowest BCUT2D eigenvalue weighted by molar-refractivity contribution is -0.145. The zero-order valence-corrected chi connectivity index (χ0v) is 16.2. The summed E-state index contributed by atoms with van der Waals surface area (Å²) in [5, 5.41) is 6.39. The van der Waals surface area contributed by atoms with Crippen LogP contribution in [0.2, 0.25) is 0 Å². The molecule has 0 saturated carbocycles. The summed E-state index contributed by atoms with van der Waals surface area (Å²) >= 11 is 1.91. The van der Waals surface area contributed by atoms with Gasteiger partial charge < -0.3 is 24.8 Å². The van der Waals surface area contributed by atoms with Crippen molar-refractivity contribution < 1.29 is 23.8 Å². The first kappa shape index (κ1) is 19.8. The molecule has 0 radical (unpaired) electrons. The molecular formula is C18H30N2O5S. The number of carbonyl (C=O) groups excluding carboxylic acids is 2. The molecule has 2 amide bonds. The molecule has 26 heavy (non-hydrogen) atoms. The van der Waals surface area contributed by atoms with Gasteiger partial charge in [-0.1, -0.05) is 6.42 Å². The van der Waals surface area contributed by atoms with Gasteiger partial charge in [-0.3, -0.25) is 4.79 Å². The molecule has 3 saturated heterocycles. The molecule has 0 aliphatic carbocycles. The molecule has 0 spiro atoms. The van der Waals surface area contributed by atoms with Crippen molar-refractivity contribution in [1.29, 1.82) is 0 Å². The van der Waals surface area contributed by atoms with Gasteiger partial charge in [0.2, 0.25) is 0 Å². The number of esters is 1. The number of epoxide rings is 1. The van der Waals surface area contributed by atoms with E-state index >= 15 is 0 Å². The lowest BCUT2D eigenvalue weighted by Crippen LogP contribution is -2.36. The van der Waals surface area contributed by atoms with E-state index in [-0.39, 0.29) is 24.1 Å². The normalized spacial score (nSPS) is 32.0. The largest absolute Gasteiger partial charge is 0.463 e. The van der Waals surface area contributed by atoms with E-state index in [1.165, 1.54) is 0 Å². The van der Waals surface area contributed by atoms with E-state index < -0.39 is 0 Å². The maximum atomic E-state index is 11.7. The first-order valence-corrected chi connectivity index (χ1v) is 10.8. The van der Waals surface area contributed by atoms with Gasteiger partial charge >= 0.3 is 12.0 Å². The summed E-state index contributed by atoms with van der Waals surface area (Å²) in [6.45, 7) is 3.56. The van der Waals surface area contributed by atoms with Crippen LogP contribution < -0.4 is 10.6 Å². The average molecular weight is 387 g/mol. The van der Waals surface area contributed by atoms with Gasteiger partial charge in [0.15, 0.2) is 0 Å². The third-order valence-electron chi connectivity index (χ3n) is 5.16.